The SMILES string of the molecule is Cc1cc(Cl)nc(Cl)c1NCC(C)(C)CCC#N. The predicted octanol–water partition coefficient (Wildman–Crippen LogP) is 4.44. The Kier molecular flexibility index (Phi) is 5.25. The fourth-order valence-electron chi connectivity index (χ4n) is 1.62. The summed E-state index contributed by atoms with van der Waals surface area (Å²) in [6.07, 6.45) is 1.40. The highest BCUT2D eigenvalue weighted by molar-refractivity contribution is 6.34. The van der Waals surface area contributed by atoms with Gasteiger partial charge in [-0.2, -0.15) is 5.26 Å². The van der Waals surface area contributed by atoms with Crippen molar-refractivity contribution >= 4 is 28.9 Å². The Hall–Kier alpha value is -0.980. The van der Waals surface area contributed by atoms with Gasteiger partial charge in [0.1, 0.15) is 5.15 Å². The number of aryl methyl sites for hydroxylation is 1. The van der Waals surface area contributed by atoms with Crippen LogP contribution in [0.25, 0.3) is 0 Å². The molecule has 1 aromatic rings. The van der Waals surface area contributed by atoms with Crippen LogP contribution in [-0.4, -0.2) is 11.5 Å². The van der Waals surface area contributed by atoms with Crippen molar-refractivity contribution in [2.24, 2.45) is 5.41 Å². The van der Waals surface area contributed by atoms with Crippen molar-refractivity contribution < 1.29 is 0 Å². The molecule has 3 nitrogen and oxygen atoms in total. The number of pyridine rings is 1. The summed E-state index contributed by atoms with van der Waals surface area (Å²) < 4.78 is 0. The minimum absolute atomic E-state index is 0.0329. The van der Waals surface area contributed by atoms with E-state index in [0.717, 1.165) is 24.2 Å². The van der Waals surface area contributed by atoms with E-state index < -0.39 is 0 Å². The molecule has 0 radical (unpaired) electrons. The lowest BCUT2D eigenvalue weighted by atomic mass is 9.88. The molecule has 0 aliphatic rings. The molecule has 1 aromatic heterocycles. The van der Waals surface area contributed by atoms with Gasteiger partial charge in [-0.15, -0.1) is 0 Å². The molecule has 0 bridgehead atoms. The number of hydrogen-bond acceptors (Lipinski definition) is 3. The maximum absolute atomic E-state index is 8.62. The molecule has 0 atom stereocenters. The number of hydrogen-bond donors (Lipinski definition) is 1. The van der Waals surface area contributed by atoms with Gasteiger partial charge < -0.3 is 5.32 Å². The van der Waals surface area contributed by atoms with Crippen molar-refractivity contribution in [2.45, 2.75) is 33.6 Å². The number of nitrogens with zero attached hydrogens (tertiary/aromatic N) is 2. The lowest BCUT2D eigenvalue weighted by Crippen LogP contribution is -2.23. The highest BCUT2D eigenvalue weighted by Gasteiger charge is 2.18. The largest absolute Gasteiger partial charge is 0.382 e. The second kappa shape index (κ2) is 6.26. The van der Waals surface area contributed by atoms with Crippen LogP contribution in [0.15, 0.2) is 6.07 Å². The predicted molar refractivity (Wildman–Crippen MR) is 76.1 cm³/mol. The van der Waals surface area contributed by atoms with Gasteiger partial charge in [-0.25, -0.2) is 4.98 Å². The van der Waals surface area contributed by atoms with Crippen LogP contribution in [0.3, 0.4) is 0 Å². The van der Waals surface area contributed by atoms with E-state index in [9.17, 15) is 0 Å². The van der Waals surface area contributed by atoms with Crippen molar-refractivity contribution in [1.82, 2.24) is 4.98 Å². The number of halogens is 2. The molecule has 0 spiro atoms. The molecule has 5 heteroatoms. The van der Waals surface area contributed by atoms with Crippen LogP contribution in [0.5, 0.6) is 0 Å². The molecule has 0 aliphatic heterocycles. The summed E-state index contributed by atoms with van der Waals surface area (Å²) in [6, 6.07) is 3.94. The molecule has 0 aromatic carbocycles. The van der Waals surface area contributed by atoms with Crippen molar-refractivity contribution in [2.75, 3.05) is 11.9 Å². The summed E-state index contributed by atoms with van der Waals surface area (Å²) in [5.74, 6) is 0. The van der Waals surface area contributed by atoms with Crippen LogP contribution in [0.2, 0.25) is 10.3 Å². The van der Waals surface area contributed by atoms with Crippen LogP contribution in [0.1, 0.15) is 32.3 Å². The van der Waals surface area contributed by atoms with Gasteiger partial charge in [0, 0.05) is 13.0 Å². The Balaban J connectivity index is 2.72. The topological polar surface area (TPSA) is 48.7 Å². The van der Waals surface area contributed by atoms with Gasteiger partial charge in [-0.1, -0.05) is 37.0 Å². The van der Waals surface area contributed by atoms with Gasteiger partial charge in [0.05, 0.1) is 11.8 Å². The normalized spacial score (nSPS) is 11.1. The monoisotopic (exact) mass is 285 g/mol. The minimum atomic E-state index is 0.0329. The molecule has 0 amide bonds. The summed E-state index contributed by atoms with van der Waals surface area (Å²) in [5.41, 5.74) is 1.81. The fraction of sp³-hybridized carbons (Fsp3) is 0.538. The standard InChI is InChI=1S/C13H17Cl2N3/c1-9-7-10(14)18-12(15)11(9)17-8-13(2,3)5-4-6-16/h7,17H,4-5,8H2,1-3H3. The van der Waals surface area contributed by atoms with Gasteiger partial charge in [0.25, 0.3) is 0 Å². The van der Waals surface area contributed by atoms with Gasteiger partial charge in [-0.3, -0.25) is 0 Å². The average molecular weight is 286 g/mol. The molecule has 1 N–H and O–H groups in total. The zero-order chi connectivity index (χ0) is 13.8. The van der Waals surface area contributed by atoms with Gasteiger partial charge in [-0.05, 0) is 30.4 Å². The molecule has 18 heavy (non-hydrogen) atoms. The Morgan fingerprint density at radius 1 is 1.44 bits per heavy atom. The molecule has 0 saturated carbocycles. The Labute approximate surface area is 118 Å². The van der Waals surface area contributed by atoms with E-state index in [4.69, 9.17) is 28.5 Å². The molecule has 98 valence electrons. The maximum Gasteiger partial charge on any atom is 0.154 e. The summed E-state index contributed by atoms with van der Waals surface area (Å²) in [7, 11) is 0. The molecular formula is C13H17Cl2N3. The summed E-state index contributed by atoms with van der Waals surface area (Å²) in [5, 5.41) is 12.7. The van der Waals surface area contributed by atoms with E-state index in [1.807, 2.05) is 6.92 Å². The number of nitriles is 1. The highest BCUT2D eigenvalue weighted by Crippen LogP contribution is 2.29. The maximum atomic E-state index is 8.62. The average Bonchev–Trinajstić information content (AvgIpc) is 2.24. The minimum Gasteiger partial charge on any atom is -0.382 e. The van der Waals surface area contributed by atoms with Crippen LogP contribution in [0, 0.1) is 23.7 Å². The molecular weight excluding hydrogens is 269 g/mol. The zero-order valence-corrected chi connectivity index (χ0v) is 12.4. The molecule has 0 saturated heterocycles. The Morgan fingerprint density at radius 3 is 2.67 bits per heavy atom. The lowest BCUT2D eigenvalue weighted by molar-refractivity contribution is 0.363. The van der Waals surface area contributed by atoms with E-state index >= 15 is 0 Å². The van der Waals surface area contributed by atoms with Gasteiger partial charge in [0.2, 0.25) is 0 Å². The smallest absolute Gasteiger partial charge is 0.154 e. The quantitative estimate of drug-likeness (QED) is 0.814. The molecule has 1 heterocycles. The van der Waals surface area contributed by atoms with Crippen molar-refractivity contribution in [3.05, 3.63) is 21.9 Å². The first-order valence-electron chi connectivity index (χ1n) is 5.79. The van der Waals surface area contributed by atoms with Crippen LogP contribution < -0.4 is 5.32 Å². The number of nitrogens with one attached hydrogen (secondary N) is 1. The molecule has 0 fully saturated rings. The van der Waals surface area contributed by atoms with Gasteiger partial charge >= 0.3 is 0 Å². The first-order valence-corrected chi connectivity index (χ1v) is 6.55. The first-order chi connectivity index (χ1) is 8.35. The lowest BCUT2D eigenvalue weighted by Gasteiger charge is -2.25. The zero-order valence-electron chi connectivity index (χ0n) is 10.8. The van der Waals surface area contributed by atoms with Crippen LogP contribution in [0.4, 0.5) is 5.69 Å². The van der Waals surface area contributed by atoms with E-state index in [-0.39, 0.29) is 5.41 Å². The molecule has 0 aliphatic carbocycles. The van der Waals surface area contributed by atoms with E-state index in [1.54, 1.807) is 6.07 Å². The van der Waals surface area contributed by atoms with E-state index in [2.05, 4.69) is 30.2 Å². The number of rotatable bonds is 5. The Bertz CT molecular complexity index is 441. The van der Waals surface area contributed by atoms with E-state index in [1.165, 1.54) is 0 Å². The first kappa shape index (κ1) is 15.1. The summed E-state index contributed by atoms with van der Waals surface area (Å²) >= 11 is 11.9. The van der Waals surface area contributed by atoms with Crippen molar-refractivity contribution in [3.63, 3.8) is 0 Å². The Morgan fingerprint density at radius 2 is 2.11 bits per heavy atom. The summed E-state index contributed by atoms with van der Waals surface area (Å²) in [4.78, 5) is 4.01. The molecule has 1 rings (SSSR count). The van der Waals surface area contributed by atoms with Crippen molar-refractivity contribution in [1.29, 1.82) is 5.26 Å². The molecule has 0 unspecified atom stereocenters. The fourth-order valence-corrected chi connectivity index (χ4v) is 2.22. The van der Waals surface area contributed by atoms with E-state index in [0.29, 0.717) is 16.7 Å². The third-order valence-corrected chi connectivity index (χ3v) is 3.27. The summed E-state index contributed by atoms with van der Waals surface area (Å²) in [6.45, 7) is 6.90. The second-order valence-corrected chi connectivity index (χ2v) is 5.85. The second-order valence-electron chi connectivity index (χ2n) is 5.10. The third kappa shape index (κ3) is 4.36. The van der Waals surface area contributed by atoms with Crippen LogP contribution in [-0.2, 0) is 0 Å². The van der Waals surface area contributed by atoms with Gasteiger partial charge in [0.15, 0.2) is 5.15 Å². The number of anilines is 1. The number of aromatic nitrogens is 1. The third-order valence-electron chi connectivity index (χ3n) is 2.80. The van der Waals surface area contributed by atoms with Crippen molar-refractivity contribution in [3.8, 4) is 6.07 Å². The highest BCUT2D eigenvalue weighted by atomic mass is 35.5. The van der Waals surface area contributed by atoms with Crippen LogP contribution >= 0.6 is 23.2 Å².